The van der Waals surface area contributed by atoms with Gasteiger partial charge in [-0.25, -0.2) is 0 Å². The minimum absolute atomic E-state index is 0.00694. The topological polar surface area (TPSA) is 44.8 Å². The SMILES string of the molecule is CCOC(=O)C1CC1.COCOc1ccccc1. The zero-order chi connectivity index (χ0) is 13.2. The molecule has 1 aliphatic rings. The van der Waals surface area contributed by atoms with Gasteiger partial charge in [0.15, 0.2) is 6.79 Å². The molecule has 1 aromatic carbocycles. The maximum Gasteiger partial charge on any atom is 0.308 e. The Hall–Kier alpha value is -1.55. The first-order valence-electron chi connectivity index (χ1n) is 6.11. The van der Waals surface area contributed by atoms with Gasteiger partial charge in [-0.2, -0.15) is 0 Å². The summed E-state index contributed by atoms with van der Waals surface area (Å²) in [6.45, 7) is 2.67. The van der Waals surface area contributed by atoms with Gasteiger partial charge in [-0.1, -0.05) is 18.2 Å². The van der Waals surface area contributed by atoms with E-state index in [-0.39, 0.29) is 11.9 Å². The number of esters is 1. The molecule has 0 amide bonds. The van der Waals surface area contributed by atoms with Crippen LogP contribution in [0, 0.1) is 5.92 Å². The average molecular weight is 252 g/mol. The van der Waals surface area contributed by atoms with Gasteiger partial charge in [0.05, 0.1) is 12.5 Å². The molecule has 1 aliphatic carbocycles. The molecule has 0 saturated heterocycles. The predicted octanol–water partition coefficient (Wildman–Crippen LogP) is 2.63. The monoisotopic (exact) mass is 252 g/mol. The Kier molecular flexibility index (Phi) is 6.87. The van der Waals surface area contributed by atoms with Gasteiger partial charge in [0.2, 0.25) is 0 Å². The van der Waals surface area contributed by atoms with E-state index in [1.165, 1.54) is 0 Å². The van der Waals surface area contributed by atoms with Crippen molar-refractivity contribution in [2.24, 2.45) is 5.92 Å². The number of rotatable bonds is 5. The van der Waals surface area contributed by atoms with E-state index in [0.717, 1.165) is 18.6 Å². The second-order valence-corrected chi connectivity index (χ2v) is 3.89. The molecule has 0 spiro atoms. The minimum atomic E-state index is -0.00694. The predicted molar refractivity (Wildman–Crippen MR) is 68.3 cm³/mol. The Morgan fingerprint density at radius 3 is 2.44 bits per heavy atom. The number of carbonyl (C=O) groups is 1. The zero-order valence-corrected chi connectivity index (χ0v) is 10.9. The Morgan fingerprint density at radius 2 is 1.94 bits per heavy atom. The Bertz CT molecular complexity index is 333. The lowest BCUT2D eigenvalue weighted by atomic mass is 10.3. The van der Waals surface area contributed by atoms with Crippen LogP contribution in [0.3, 0.4) is 0 Å². The first-order chi connectivity index (χ1) is 8.77. The summed E-state index contributed by atoms with van der Waals surface area (Å²) in [5, 5.41) is 0. The first-order valence-corrected chi connectivity index (χ1v) is 6.11. The summed E-state index contributed by atoms with van der Waals surface area (Å²) >= 11 is 0. The highest BCUT2D eigenvalue weighted by Gasteiger charge is 2.30. The van der Waals surface area contributed by atoms with Gasteiger partial charge in [0.1, 0.15) is 5.75 Å². The van der Waals surface area contributed by atoms with Crippen molar-refractivity contribution in [1.82, 2.24) is 0 Å². The van der Waals surface area contributed by atoms with Crippen molar-refractivity contribution in [2.45, 2.75) is 19.8 Å². The van der Waals surface area contributed by atoms with E-state index >= 15 is 0 Å². The lowest BCUT2D eigenvalue weighted by Crippen LogP contribution is -2.04. The summed E-state index contributed by atoms with van der Waals surface area (Å²) in [6.07, 6.45) is 2.08. The van der Waals surface area contributed by atoms with Crippen LogP contribution in [-0.4, -0.2) is 26.5 Å². The molecule has 0 radical (unpaired) electrons. The summed E-state index contributed by atoms with van der Waals surface area (Å²) in [4.78, 5) is 10.6. The molecule has 1 fully saturated rings. The number of benzene rings is 1. The summed E-state index contributed by atoms with van der Waals surface area (Å²) in [6, 6.07) is 9.56. The molecule has 0 bridgehead atoms. The number of para-hydroxylation sites is 1. The molecule has 0 aliphatic heterocycles. The Morgan fingerprint density at radius 1 is 1.28 bits per heavy atom. The highest BCUT2D eigenvalue weighted by molar-refractivity contribution is 5.74. The first kappa shape index (κ1) is 14.5. The molecule has 0 N–H and O–H groups in total. The second-order valence-electron chi connectivity index (χ2n) is 3.89. The third-order valence-corrected chi connectivity index (χ3v) is 2.28. The molecule has 1 aromatic rings. The minimum Gasteiger partial charge on any atom is -0.468 e. The normalized spacial score (nSPS) is 13.2. The largest absolute Gasteiger partial charge is 0.468 e. The number of methoxy groups -OCH3 is 1. The van der Waals surface area contributed by atoms with Crippen LogP contribution in [0.15, 0.2) is 30.3 Å². The van der Waals surface area contributed by atoms with Crippen molar-refractivity contribution in [1.29, 1.82) is 0 Å². The van der Waals surface area contributed by atoms with Crippen molar-refractivity contribution in [3.63, 3.8) is 0 Å². The Labute approximate surface area is 108 Å². The zero-order valence-electron chi connectivity index (χ0n) is 10.9. The van der Waals surface area contributed by atoms with Crippen LogP contribution in [0.5, 0.6) is 5.75 Å². The van der Waals surface area contributed by atoms with Gasteiger partial charge in [0, 0.05) is 7.11 Å². The summed E-state index contributed by atoms with van der Waals surface area (Å²) in [5.41, 5.74) is 0. The molecule has 1 saturated carbocycles. The van der Waals surface area contributed by atoms with Gasteiger partial charge in [0.25, 0.3) is 0 Å². The van der Waals surface area contributed by atoms with Gasteiger partial charge in [-0.3, -0.25) is 4.79 Å². The molecule has 100 valence electrons. The standard InChI is InChI=1S/C8H10O2.C6H10O2/c1-9-7-10-8-5-3-2-4-6-8;1-2-8-6(7)5-3-4-5/h2-6H,7H2,1H3;5H,2-4H2,1H3. The van der Waals surface area contributed by atoms with Crippen LogP contribution >= 0.6 is 0 Å². The number of ether oxygens (including phenoxy) is 3. The molecule has 0 atom stereocenters. The van der Waals surface area contributed by atoms with E-state index in [1.54, 1.807) is 7.11 Å². The smallest absolute Gasteiger partial charge is 0.308 e. The summed E-state index contributed by atoms with van der Waals surface area (Å²) in [5.74, 6) is 1.09. The van der Waals surface area contributed by atoms with Crippen molar-refractivity contribution in [3.8, 4) is 5.75 Å². The van der Waals surface area contributed by atoms with E-state index in [2.05, 4.69) is 0 Å². The van der Waals surface area contributed by atoms with E-state index in [0.29, 0.717) is 13.4 Å². The van der Waals surface area contributed by atoms with Crippen LogP contribution in [-0.2, 0) is 14.3 Å². The highest BCUT2D eigenvalue weighted by atomic mass is 16.7. The van der Waals surface area contributed by atoms with E-state index in [1.807, 2.05) is 37.3 Å². The molecule has 4 heteroatoms. The highest BCUT2D eigenvalue weighted by Crippen LogP contribution is 2.29. The molecule has 0 aromatic heterocycles. The van der Waals surface area contributed by atoms with Crippen molar-refractivity contribution in [2.75, 3.05) is 20.5 Å². The second kappa shape index (κ2) is 8.53. The maximum absolute atomic E-state index is 10.6. The fourth-order valence-corrected chi connectivity index (χ4v) is 1.22. The van der Waals surface area contributed by atoms with Gasteiger partial charge in [-0.15, -0.1) is 0 Å². The van der Waals surface area contributed by atoms with Crippen molar-refractivity contribution < 1.29 is 19.0 Å². The van der Waals surface area contributed by atoms with Crippen LogP contribution in [0.25, 0.3) is 0 Å². The average Bonchev–Trinajstić information content (AvgIpc) is 3.23. The molecule has 4 nitrogen and oxygen atoms in total. The fourth-order valence-electron chi connectivity index (χ4n) is 1.22. The molecular formula is C14H20O4. The van der Waals surface area contributed by atoms with Crippen molar-refractivity contribution in [3.05, 3.63) is 30.3 Å². The maximum atomic E-state index is 10.6. The van der Waals surface area contributed by atoms with E-state index in [9.17, 15) is 4.79 Å². The third kappa shape index (κ3) is 6.25. The lowest BCUT2D eigenvalue weighted by molar-refractivity contribution is -0.144. The molecular weight excluding hydrogens is 232 g/mol. The molecule has 2 rings (SSSR count). The molecule has 0 unspecified atom stereocenters. The molecule has 18 heavy (non-hydrogen) atoms. The molecule has 0 heterocycles. The van der Waals surface area contributed by atoms with Crippen LogP contribution in [0.1, 0.15) is 19.8 Å². The van der Waals surface area contributed by atoms with Gasteiger partial charge < -0.3 is 14.2 Å². The number of hydrogen-bond donors (Lipinski definition) is 0. The van der Waals surface area contributed by atoms with Gasteiger partial charge >= 0.3 is 5.97 Å². The number of hydrogen-bond acceptors (Lipinski definition) is 4. The summed E-state index contributed by atoms with van der Waals surface area (Å²) in [7, 11) is 1.60. The van der Waals surface area contributed by atoms with E-state index < -0.39 is 0 Å². The quantitative estimate of drug-likeness (QED) is 0.597. The van der Waals surface area contributed by atoms with Crippen LogP contribution < -0.4 is 4.74 Å². The lowest BCUT2D eigenvalue weighted by Gasteiger charge is -2.01. The van der Waals surface area contributed by atoms with Gasteiger partial charge in [-0.05, 0) is 31.9 Å². The van der Waals surface area contributed by atoms with Crippen LogP contribution in [0.2, 0.25) is 0 Å². The van der Waals surface area contributed by atoms with Crippen molar-refractivity contribution >= 4 is 5.97 Å². The van der Waals surface area contributed by atoms with E-state index in [4.69, 9.17) is 14.2 Å². The fraction of sp³-hybridized carbons (Fsp3) is 0.500. The van der Waals surface area contributed by atoms with Crippen LogP contribution in [0.4, 0.5) is 0 Å². The number of carbonyl (C=O) groups excluding carboxylic acids is 1. The summed E-state index contributed by atoms with van der Waals surface area (Å²) < 4.78 is 14.6. The third-order valence-electron chi connectivity index (χ3n) is 2.28. The Balaban J connectivity index is 0.000000184.